The Morgan fingerprint density at radius 2 is 1.62 bits per heavy atom. The topological polar surface area (TPSA) is 76.9 Å². The van der Waals surface area contributed by atoms with Crippen molar-refractivity contribution in [3.8, 4) is 17.1 Å². The van der Waals surface area contributed by atoms with Gasteiger partial charge in [0.15, 0.2) is 16.8 Å². The van der Waals surface area contributed by atoms with Crippen LogP contribution in [0.1, 0.15) is 17.3 Å². The van der Waals surface area contributed by atoms with Crippen LogP contribution in [0, 0.1) is 0 Å². The molecule has 4 aromatic rings. The summed E-state index contributed by atoms with van der Waals surface area (Å²) >= 11 is 4.77. The minimum atomic E-state index is -0.168. The van der Waals surface area contributed by atoms with Crippen molar-refractivity contribution in [2.45, 2.75) is 12.1 Å². The summed E-state index contributed by atoms with van der Waals surface area (Å²) in [6.45, 7) is 1.51. The van der Waals surface area contributed by atoms with Crippen molar-refractivity contribution in [1.29, 1.82) is 0 Å². The van der Waals surface area contributed by atoms with Crippen molar-refractivity contribution in [3.63, 3.8) is 0 Å². The van der Waals surface area contributed by atoms with E-state index in [0.717, 1.165) is 15.7 Å². The van der Waals surface area contributed by atoms with Crippen molar-refractivity contribution in [3.05, 3.63) is 88.9 Å². The number of hydrogen-bond acceptors (Lipinski definition) is 5. The lowest BCUT2D eigenvalue weighted by Gasteiger charge is -2.10. The third-order valence-corrected chi connectivity index (χ3v) is 6.12. The standard InChI is InChI=1S/C24H19BrN4O2S/c1-16(30)17-9-13-20(14-10-17)26-22(31)15-32-24-28-27-23(18-7-11-19(25)12-8-18)29(24)21-5-3-2-4-6-21/h2-14H,15H2,1H3,(H,26,31). The second kappa shape index (κ2) is 9.93. The van der Waals surface area contributed by atoms with Gasteiger partial charge in [0, 0.05) is 27.0 Å². The fraction of sp³-hybridized carbons (Fsp3) is 0.0833. The van der Waals surface area contributed by atoms with Crippen LogP contribution >= 0.6 is 27.7 Å². The van der Waals surface area contributed by atoms with Gasteiger partial charge in [-0.05, 0) is 55.5 Å². The van der Waals surface area contributed by atoms with Gasteiger partial charge >= 0.3 is 0 Å². The van der Waals surface area contributed by atoms with Gasteiger partial charge in [-0.3, -0.25) is 14.2 Å². The zero-order chi connectivity index (χ0) is 22.5. The van der Waals surface area contributed by atoms with Crippen LogP contribution in [-0.4, -0.2) is 32.2 Å². The maximum absolute atomic E-state index is 12.5. The Hall–Kier alpha value is -3.23. The predicted molar refractivity (Wildman–Crippen MR) is 130 cm³/mol. The molecule has 0 radical (unpaired) electrons. The summed E-state index contributed by atoms with van der Waals surface area (Å²) in [6.07, 6.45) is 0. The lowest BCUT2D eigenvalue weighted by Crippen LogP contribution is -2.14. The van der Waals surface area contributed by atoms with Gasteiger partial charge in [0.1, 0.15) is 0 Å². The number of aromatic nitrogens is 3. The van der Waals surface area contributed by atoms with Gasteiger partial charge in [-0.25, -0.2) is 0 Å². The Morgan fingerprint density at radius 3 is 2.28 bits per heavy atom. The van der Waals surface area contributed by atoms with E-state index in [1.54, 1.807) is 24.3 Å². The molecule has 0 aliphatic heterocycles. The quantitative estimate of drug-likeness (QED) is 0.259. The number of carbonyl (C=O) groups is 2. The monoisotopic (exact) mass is 506 g/mol. The van der Waals surface area contributed by atoms with Crippen molar-refractivity contribution in [2.75, 3.05) is 11.1 Å². The number of amides is 1. The number of rotatable bonds is 7. The van der Waals surface area contributed by atoms with E-state index in [1.807, 2.05) is 59.2 Å². The first-order valence-corrected chi connectivity index (χ1v) is 11.6. The number of anilines is 1. The van der Waals surface area contributed by atoms with Gasteiger partial charge in [-0.15, -0.1) is 10.2 Å². The Kier molecular flexibility index (Phi) is 6.82. The predicted octanol–water partition coefficient (Wildman–Crippen LogP) is 5.63. The highest BCUT2D eigenvalue weighted by molar-refractivity contribution is 9.10. The van der Waals surface area contributed by atoms with E-state index < -0.39 is 0 Å². The molecule has 1 N–H and O–H groups in total. The molecule has 1 aromatic heterocycles. The number of hydrogen-bond donors (Lipinski definition) is 1. The Balaban J connectivity index is 1.53. The molecule has 0 spiro atoms. The summed E-state index contributed by atoms with van der Waals surface area (Å²) < 4.78 is 2.93. The second-order valence-electron chi connectivity index (χ2n) is 6.95. The highest BCUT2D eigenvalue weighted by Gasteiger charge is 2.17. The van der Waals surface area contributed by atoms with Crippen LogP contribution in [0.15, 0.2) is 88.5 Å². The first-order valence-electron chi connectivity index (χ1n) is 9.82. The molecule has 4 rings (SSSR count). The number of nitrogens with one attached hydrogen (secondary N) is 1. The largest absolute Gasteiger partial charge is 0.325 e. The summed E-state index contributed by atoms with van der Waals surface area (Å²) in [7, 11) is 0. The summed E-state index contributed by atoms with van der Waals surface area (Å²) in [5, 5.41) is 12.2. The summed E-state index contributed by atoms with van der Waals surface area (Å²) in [5.41, 5.74) is 3.08. The maximum Gasteiger partial charge on any atom is 0.234 e. The number of benzene rings is 3. The lowest BCUT2D eigenvalue weighted by molar-refractivity contribution is -0.113. The van der Waals surface area contributed by atoms with Gasteiger partial charge in [-0.2, -0.15) is 0 Å². The third-order valence-electron chi connectivity index (χ3n) is 4.66. The molecule has 160 valence electrons. The molecular weight excluding hydrogens is 488 g/mol. The van der Waals surface area contributed by atoms with Crippen LogP contribution in [-0.2, 0) is 4.79 Å². The SMILES string of the molecule is CC(=O)c1ccc(NC(=O)CSc2nnc(-c3ccc(Br)cc3)n2-c2ccccc2)cc1. The van der Waals surface area contributed by atoms with Crippen LogP contribution in [0.2, 0.25) is 0 Å². The Morgan fingerprint density at radius 1 is 0.938 bits per heavy atom. The Labute approximate surface area is 198 Å². The molecule has 0 atom stereocenters. The molecule has 3 aromatic carbocycles. The fourth-order valence-corrected chi connectivity index (χ4v) is 4.09. The number of Topliss-reactive ketones (excluding diaryl/α,β-unsaturated/α-hetero) is 1. The van der Waals surface area contributed by atoms with Gasteiger partial charge in [0.2, 0.25) is 5.91 Å². The number of nitrogens with zero attached hydrogens (tertiary/aromatic N) is 3. The van der Waals surface area contributed by atoms with E-state index in [1.165, 1.54) is 18.7 Å². The number of carbonyl (C=O) groups excluding carboxylic acids is 2. The number of para-hydroxylation sites is 1. The van der Waals surface area contributed by atoms with Crippen LogP contribution in [0.3, 0.4) is 0 Å². The van der Waals surface area contributed by atoms with Crippen LogP contribution in [0.25, 0.3) is 17.1 Å². The molecule has 0 aliphatic rings. The first kappa shape index (κ1) is 22.0. The molecule has 0 aliphatic carbocycles. The molecule has 0 bridgehead atoms. The van der Waals surface area contributed by atoms with E-state index >= 15 is 0 Å². The van der Waals surface area contributed by atoms with Crippen LogP contribution in [0.5, 0.6) is 0 Å². The van der Waals surface area contributed by atoms with E-state index in [0.29, 0.717) is 22.2 Å². The molecule has 1 heterocycles. The highest BCUT2D eigenvalue weighted by Crippen LogP contribution is 2.28. The van der Waals surface area contributed by atoms with Crippen molar-refractivity contribution < 1.29 is 9.59 Å². The first-order chi connectivity index (χ1) is 15.5. The van der Waals surface area contributed by atoms with Gasteiger partial charge < -0.3 is 5.32 Å². The van der Waals surface area contributed by atoms with Crippen LogP contribution < -0.4 is 5.32 Å². The van der Waals surface area contributed by atoms with Crippen LogP contribution in [0.4, 0.5) is 5.69 Å². The fourth-order valence-electron chi connectivity index (χ4n) is 3.07. The normalized spacial score (nSPS) is 10.7. The molecular formula is C24H19BrN4O2S. The van der Waals surface area contributed by atoms with E-state index in [9.17, 15) is 9.59 Å². The molecule has 6 nitrogen and oxygen atoms in total. The minimum Gasteiger partial charge on any atom is -0.325 e. The smallest absolute Gasteiger partial charge is 0.234 e. The Bertz CT molecular complexity index is 1240. The molecule has 1 amide bonds. The molecule has 32 heavy (non-hydrogen) atoms. The maximum atomic E-state index is 12.5. The average molecular weight is 507 g/mol. The lowest BCUT2D eigenvalue weighted by atomic mass is 10.1. The molecule has 0 saturated heterocycles. The van der Waals surface area contributed by atoms with E-state index in [-0.39, 0.29) is 17.4 Å². The van der Waals surface area contributed by atoms with Gasteiger partial charge in [-0.1, -0.05) is 58.0 Å². The van der Waals surface area contributed by atoms with Crippen molar-refractivity contribution in [2.24, 2.45) is 0 Å². The second-order valence-corrected chi connectivity index (χ2v) is 8.81. The zero-order valence-corrected chi connectivity index (χ0v) is 19.6. The molecule has 8 heteroatoms. The number of thioether (sulfide) groups is 1. The summed E-state index contributed by atoms with van der Waals surface area (Å²) in [5.74, 6) is 0.685. The highest BCUT2D eigenvalue weighted by atomic mass is 79.9. The van der Waals surface area contributed by atoms with Gasteiger partial charge in [0.05, 0.1) is 5.75 Å². The third kappa shape index (κ3) is 5.15. The minimum absolute atomic E-state index is 0.0136. The molecule has 0 unspecified atom stereocenters. The van der Waals surface area contributed by atoms with Crippen molar-refractivity contribution >= 4 is 45.1 Å². The van der Waals surface area contributed by atoms with Gasteiger partial charge in [0.25, 0.3) is 0 Å². The number of halogens is 1. The summed E-state index contributed by atoms with van der Waals surface area (Å²) in [6, 6.07) is 24.5. The summed E-state index contributed by atoms with van der Waals surface area (Å²) in [4.78, 5) is 23.9. The molecule has 0 saturated carbocycles. The van der Waals surface area contributed by atoms with E-state index in [4.69, 9.17) is 0 Å². The molecule has 0 fully saturated rings. The zero-order valence-electron chi connectivity index (χ0n) is 17.2. The number of ketones is 1. The van der Waals surface area contributed by atoms with E-state index in [2.05, 4.69) is 31.4 Å². The van der Waals surface area contributed by atoms with Crippen molar-refractivity contribution in [1.82, 2.24) is 14.8 Å². The average Bonchev–Trinajstić information content (AvgIpc) is 3.23.